The van der Waals surface area contributed by atoms with Gasteiger partial charge in [0, 0.05) is 12.8 Å². The van der Waals surface area contributed by atoms with Crippen molar-refractivity contribution in [1.82, 2.24) is 0 Å². The Morgan fingerprint density at radius 2 is 1.05 bits per heavy atom. The van der Waals surface area contributed by atoms with E-state index in [0.29, 0.717) is 0 Å². The molecule has 1 heterocycles. The van der Waals surface area contributed by atoms with E-state index in [1.165, 1.54) is 30.4 Å². The highest BCUT2D eigenvalue weighted by Gasteiger charge is 2.46. The summed E-state index contributed by atoms with van der Waals surface area (Å²) in [5.41, 5.74) is -12.4. The predicted octanol–water partition coefficient (Wildman–Crippen LogP) is 1.92. The summed E-state index contributed by atoms with van der Waals surface area (Å²) < 4.78 is 110. The summed E-state index contributed by atoms with van der Waals surface area (Å²) >= 11 is 0. The number of hydrogen-bond donors (Lipinski definition) is 0. The maximum atomic E-state index is 11.4. The largest absolute Gasteiger partial charge is 0.480 e. The van der Waals surface area contributed by atoms with Crippen molar-refractivity contribution in [3.8, 4) is 0 Å². The number of quaternary nitrogens is 1. The van der Waals surface area contributed by atoms with E-state index in [4.69, 9.17) is 0 Å². The van der Waals surface area contributed by atoms with Crippen LogP contribution >= 0.6 is 0 Å². The van der Waals surface area contributed by atoms with Gasteiger partial charge in [0.05, 0.1) is 27.2 Å². The van der Waals surface area contributed by atoms with Crippen LogP contribution in [0, 0.1) is 0 Å². The average Bonchev–Trinajstić information content (AvgIpc) is 2.58. The first kappa shape index (κ1) is 21.4. The Morgan fingerprint density at radius 1 is 0.773 bits per heavy atom. The molecule has 0 unspecified atom stereocenters. The Hall–Kier alpha value is -0.600. The molecule has 0 aromatic carbocycles. The zero-order valence-electron chi connectivity index (χ0n) is 11.4. The molecule has 0 aromatic heterocycles. The fourth-order valence-corrected chi connectivity index (χ4v) is 3.11. The Labute approximate surface area is 123 Å². The number of rotatable bonds is 2. The topological polar surface area (TPSA) is 82.4 Å². The van der Waals surface area contributed by atoms with Gasteiger partial charge in [0.25, 0.3) is 0 Å². The van der Waals surface area contributed by atoms with Crippen LogP contribution in [0.5, 0.6) is 0 Å². The summed E-state index contributed by atoms with van der Waals surface area (Å²) in [5.74, 6) is 0. The molecule has 0 bridgehead atoms. The smallest absolute Gasteiger partial charge is 0.421 e. The van der Waals surface area contributed by atoms with Crippen LogP contribution in [0.15, 0.2) is 0 Å². The lowest BCUT2D eigenvalue weighted by Gasteiger charge is -2.22. The highest BCUT2D eigenvalue weighted by Crippen LogP contribution is 2.36. The summed E-state index contributed by atoms with van der Waals surface area (Å²) in [7, 11) is -8.85. The molecule has 0 radical (unpaired) electrons. The second-order valence-corrected chi connectivity index (χ2v) is 8.43. The standard InChI is InChI=1S/C6H14N.C2F6NO4S2/c1-7(2)5-3-4-6-7;3-1(4,5)14(10,11)9-15(12,13)2(6,7)8/h3-6H2,1-2H3;/q+1;-1. The van der Waals surface area contributed by atoms with E-state index >= 15 is 0 Å². The molecule has 1 saturated heterocycles. The minimum absolute atomic E-state index is 0.778. The number of sulfonamides is 2. The van der Waals surface area contributed by atoms with Gasteiger partial charge in [-0.1, -0.05) is 0 Å². The van der Waals surface area contributed by atoms with Gasteiger partial charge >= 0.3 is 11.0 Å². The first-order valence-corrected chi connectivity index (χ1v) is 8.48. The van der Waals surface area contributed by atoms with E-state index < -0.39 is 31.1 Å². The molecule has 22 heavy (non-hydrogen) atoms. The maximum Gasteiger partial charge on any atom is 0.480 e. The Kier molecular flexibility index (Phi) is 6.31. The van der Waals surface area contributed by atoms with Crippen LogP contribution in [-0.4, -0.2) is 59.5 Å². The van der Waals surface area contributed by atoms with Gasteiger partial charge in [-0.25, -0.2) is 16.8 Å². The molecule has 0 N–H and O–H groups in total. The molecule has 134 valence electrons. The van der Waals surface area contributed by atoms with Crippen LogP contribution in [0.4, 0.5) is 26.3 Å². The number of alkyl halides is 6. The van der Waals surface area contributed by atoms with Crippen LogP contribution in [-0.2, 0) is 20.0 Å². The van der Waals surface area contributed by atoms with Gasteiger partial charge in [0.1, 0.15) is 0 Å². The molecule has 0 amide bonds. The molecule has 0 atom stereocenters. The molecule has 1 fully saturated rings. The average molecular weight is 380 g/mol. The van der Waals surface area contributed by atoms with Crippen molar-refractivity contribution in [2.45, 2.75) is 23.9 Å². The first-order valence-electron chi connectivity index (χ1n) is 5.60. The Morgan fingerprint density at radius 3 is 1.18 bits per heavy atom. The van der Waals surface area contributed by atoms with Crippen LogP contribution in [0.1, 0.15) is 12.8 Å². The fraction of sp³-hybridized carbons (Fsp3) is 1.00. The Bertz CT molecular complexity index is 529. The van der Waals surface area contributed by atoms with Crippen molar-refractivity contribution in [3.63, 3.8) is 0 Å². The van der Waals surface area contributed by atoms with E-state index in [2.05, 4.69) is 14.1 Å². The van der Waals surface area contributed by atoms with Crippen molar-refractivity contribution in [2.75, 3.05) is 27.2 Å². The van der Waals surface area contributed by atoms with Gasteiger partial charge in [-0.15, -0.1) is 0 Å². The van der Waals surface area contributed by atoms with E-state index in [9.17, 15) is 43.2 Å². The predicted molar refractivity (Wildman–Crippen MR) is 64.4 cm³/mol. The van der Waals surface area contributed by atoms with Crippen molar-refractivity contribution in [2.24, 2.45) is 0 Å². The van der Waals surface area contributed by atoms with E-state index in [1.807, 2.05) is 0 Å². The molecule has 0 aromatic rings. The highest BCUT2D eigenvalue weighted by molar-refractivity contribution is 8.13. The van der Waals surface area contributed by atoms with Crippen molar-refractivity contribution >= 4 is 20.0 Å². The van der Waals surface area contributed by atoms with Crippen LogP contribution in [0.3, 0.4) is 0 Å². The second-order valence-electron chi connectivity index (χ2n) is 5.01. The SMILES string of the molecule is C[N+]1(C)CCCC1.O=S(=O)([N-]S(=O)(=O)C(F)(F)F)C(F)(F)F. The molecule has 0 aliphatic carbocycles. The van der Waals surface area contributed by atoms with Crippen molar-refractivity contribution in [1.29, 1.82) is 0 Å². The Balaban J connectivity index is 0.000000518. The second kappa shape index (κ2) is 6.49. The molecular weight excluding hydrogens is 366 g/mol. The molecule has 1 aliphatic heterocycles. The lowest BCUT2D eigenvalue weighted by Crippen LogP contribution is -2.35. The quantitative estimate of drug-likeness (QED) is 0.541. The van der Waals surface area contributed by atoms with Crippen LogP contribution in [0.25, 0.3) is 4.13 Å². The van der Waals surface area contributed by atoms with E-state index in [-0.39, 0.29) is 0 Å². The lowest BCUT2D eigenvalue weighted by atomic mass is 10.4. The summed E-state index contributed by atoms with van der Waals surface area (Å²) in [6.07, 6.45) is 2.88. The van der Waals surface area contributed by atoms with E-state index in [0.717, 1.165) is 4.13 Å². The van der Waals surface area contributed by atoms with Crippen LogP contribution < -0.4 is 0 Å². The molecule has 14 heteroatoms. The van der Waals surface area contributed by atoms with Crippen LogP contribution in [0.2, 0.25) is 0 Å². The number of halogens is 6. The van der Waals surface area contributed by atoms with Gasteiger partial charge in [0.15, 0.2) is 20.0 Å². The summed E-state index contributed by atoms with van der Waals surface area (Å²) in [6.45, 7) is 2.78. The highest BCUT2D eigenvalue weighted by atomic mass is 32.3. The molecule has 1 aliphatic rings. The molecule has 0 spiro atoms. The molecule has 6 nitrogen and oxygen atoms in total. The van der Waals surface area contributed by atoms with Gasteiger partial charge in [0.2, 0.25) is 0 Å². The molecule has 0 saturated carbocycles. The van der Waals surface area contributed by atoms with Crippen molar-refractivity contribution in [3.05, 3.63) is 4.13 Å². The summed E-state index contributed by atoms with van der Waals surface area (Å²) in [6, 6.07) is 0. The lowest BCUT2D eigenvalue weighted by molar-refractivity contribution is -0.877. The van der Waals surface area contributed by atoms with E-state index in [1.54, 1.807) is 0 Å². The minimum atomic E-state index is -6.72. The first-order chi connectivity index (χ1) is 9.41. The summed E-state index contributed by atoms with van der Waals surface area (Å²) in [5, 5.41) is 0. The normalized spacial score (nSPS) is 19.5. The maximum absolute atomic E-state index is 11.4. The number of likely N-dealkylation sites (tertiary alicyclic amines) is 1. The molecular formula is C8H14F6N2O4S2. The number of hydrogen-bond acceptors (Lipinski definition) is 4. The van der Waals surface area contributed by atoms with Gasteiger partial charge in [-0.2, -0.15) is 26.3 Å². The minimum Gasteiger partial charge on any atom is -0.421 e. The third-order valence-electron chi connectivity index (χ3n) is 2.56. The fourth-order valence-electron chi connectivity index (χ4n) is 1.41. The summed E-state index contributed by atoms with van der Waals surface area (Å²) in [4.78, 5) is 0. The number of nitrogens with zero attached hydrogens (tertiary/aromatic N) is 2. The zero-order chi connectivity index (χ0) is 18.0. The van der Waals surface area contributed by atoms with Gasteiger partial charge < -0.3 is 8.61 Å². The monoisotopic (exact) mass is 380 g/mol. The third-order valence-corrected chi connectivity index (χ3v) is 5.30. The van der Waals surface area contributed by atoms with Gasteiger partial charge in [-0.05, 0) is 0 Å². The molecule has 1 rings (SSSR count). The van der Waals surface area contributed by atoms with Crippen molar-refractivity contribution < 1.29 is 47.7 Å². The third kappa shape index (κ3) is 6.26. The van der Waals surface area contributed by atoms with Gasteiger partial charge in [-0.3, -0.25) is 0 Å². The zero-order valence-corrected chi connectivity index (χ0v) is 13.1.